The summed E-state index contributed by atoms with van der Waals surface area (Å²) in [4.78, 5) is 0.0376. The first-order chi connectivity index (χ1) is 9.44. The highest BCUT2D eigenvalue weighted by Crippen LogP contribution is 2.27. The van der Waals surface area contributed by atoms with Crippen LogP contribution in [0.1, 0.15) is 5.56 Å². The molecule has 0 spiro atoms. The minimum Gasteiger partial charge on any atom is -0.326 e. The van der Waals surface area contributed by atoms with Gasteiger partial charge in [0.2, 0.25) is 0 Å². The molecule has 106 valence electrons. The number of nitrogens with one attached hydrogen (secondary N) is 1. The van der Waals surface area contributed by atoms with Crippen LogP contribution in [0, 0.1) is 5.82 Å². The van der Waals surface area contributed by atoms with Crippen molar-refractivity contribution >= 4 is 31.6 Å². The van der Waals surface area contributed by atoms with Gasteiger partial charge in [-0.05, 0) is 45.8 Å². The van der Waals surface area contributed by atoms with E-state index in [-0.39, 0.29) is 17.1 Å². The van der Waals surface area contributed by atoms with Gasteiger partial charge in [0.15, 0.2) is 0 Å². The quantitative estimate of drug-likeness (QED) is 0.882. The van der Waals surface area contributed by atoms with Crippen LogP contribution in [-0.2, 0) is 16.6 Å². The van der Waals surface area contributed by atoms with E-state index in [2.05, 4.69) is 20.7 Å². The molecule has 0 aliphatic carbocycles. The molecule has 0 aliphatic heterocycles. The van der Waals surface area contributed by atoms with Crippen molar-refractivity contribution in [1.29, 1.82) is 0 Å². The second-order valence-corrected chi connectivity index (χ2v) is 6.59. The standard InChI is InChI=1S/C13H12BrFN2O2S/c14-11-5-2-6-12(15)13(11)17-20(18,19)10-4-1-3-9(7-10)8-16/h1-7,17H,8,16H2. The summed E-state index contributed by atoms with van der Waals surface area (Å²) in [5, 5.41) is 0. The third-order valence-corrected chi connectivity index (χ3v) is 4.65. The number of anilines is 1. The van der Waals surface area contributed by atoms with E-state index >= 15 is 0 Å². The first kappa shape index (κ1) is 15.0. The molecule has 0 heterocycles. The Bertz CT molecular complexity index is 715. The monoisotopic (exact) mass is 358 g/mol. The van der Waals surface area contributed by atoms with E-state index in [0.29, 0.717) is 10.0 Å². The number of sulfonamides is 1. The summed E-state index contributed by atoms with van der Waals surface area (Å²) in [7, 11) is -3.87. The fraction of sp³-hybridized carbons (Fsp3) is 0.0769. The van der Waals surface area contributed by atoms with E-state index in [9.17, 15) is 12.8 Å². The van der Waals surface area contributed by atoms with Gasteiger partial charge in [0.1, 0.15) is 5.82 Å². The molecule has 0 aromatic heterocycles. The molecule has 0 bridgehead atoms. The summed E-state index contributed by atoms with van der Waals surface area (Å²) in [6.07, 6.45) is 0. The van der Waals surface area contributed by atoms with Crippen LogP contribution in [0.25, 0.3) is 0 Å². The zero-order valence-corrected chi connectivity index (χ0v) is 12.7. The lowest BCUT2D eigenvalue weighted by molar-refractivity contribution is 0.598. The minimum absolute atomic E-state index is 0.0376. The summed E-state index contributed by atoms with van der Waals surface area (Å²) >= 11 is 3.11. The van der Waals surface area contributed by atoms with E-state index in [1.807, 2.05) is 0 Å². The molecule has 0 amide bonds. The molecular formula is C13H12BrFN2O2S. The Labute approximate surface area is 125 Å². The third-order valence-electron chi connectivity index (χ3n) is 2.64. The molecule has 0 aliphatic rings. The molecule has 0 saturated carbocycles. The zero-order valence-electron chi connectivity index (χ0n) is 10.3. The minimum atomic E-state index is -3.87. The topological polar surface area (TPSA) is 72.2 Å². The molecule has 2 rings (SSSR count). The second kappa shape index (κ2) is 5.90. The summed E-state index contributed by atoms with van der Waals surface area (Å²) in [5.74, 6) is -0.655. The van der Waals surface area contributed by atoms with E-state index < -0.39 is 15.8 Å². The summed E-state index contributed by atoms with van der Waals surface area (Å²) < 4.78 is 40.7. The van der Waals surface area contributed by atoms with Crippen molar-refractivity contribution in [2.75, 3.05) is 4.72 Å². The predicted molar refractivity (Wildman–Crippen MR) is 79.2 cm³/mol. The number of rotatable bonds is 4. The van der Waals surface area contributed by atoms with Crippen LogP contribution >= 0.6 is 15.9 Å². The lowest BCUT2D eigenvalue weighted by Gasteiger charge is -2.11. The molecule has 3 N–H and O–H groups in total. The van der Waals surface area contributed by atoms with Crippen molar-refractivity contribution in [2.45, 2.75) is 11.4 Å². The highest BCUT2D eigenvalue weighted by molar-refractivity contribution is 9.10. The fourth-order valence-electron chi connectivity index (χ4n) is 1.63. The van der Waals surface area contributed by atoms with Crippen LogP contribution in [0.5, 0.6) is 0 Å². The second-order valence-electron chi connectivity index (χ2n) is 4.05. The molecule has 20 heavy (non-hydrogen) atoms. The van der Waals surface area contributed by atoms with Gasteiger partial charge in [-0.1, -0.05) is 18.2 Å². The largest absolute Gasteiger partial charge is 0.326 e. The summed E-state index contributed by atoms with van der Waals surface area (Å²) in [6.45, 7) is 0.229. The number of benzene rings is 2. The average Bonchev–Trinajstić information content (AvgIpc) is 2.43. The molecular weight excluding hydrogens is 347 g/mol. The van der Waals surface area contributed by atoms with Crippen LogP contribution < -0.4 is 10.5 Å². The lowest BCUT2D eigenvalue weighted by Crippen LogP contribution is -2.15. The summed E-state index contributed by atoms with van der Waals surface area (Å²) in [6, 6.07) is 10.4. The Hall–Kier alpha value is -1.44. The summed E-state index contributed by atoms with van der Waals surface area (Å²) in [5.41, 5.74) is 6.04. The number of nitrogens with two attached hydrogens (primary N) is 1. The molecule has 0 fully saturated rings. The van der Waals surface area contributed by atoms with Gasteiger partial charge in [-0.25, -0.2) is 12.8 Å². The molecule has 0 atom stereocenters. The smallest absolute Gasteiger partial charge is 0.262 e. The van der Waals surface area contributed by atoms with Crippen LogP contribution in [0.4, 0.5) is 10.1 Å². The van der Waals surface area contributed by atoms with Crippen LogP contribution in [0.3, 0.4) is 0 Å². The molecule has 7 heteroatoms. The van der Waals surface area contributed by atoms with Gasteiger partial charge in [0, 0.05) is 11.0 Å². The molecule has 0 saturated heterocycles. The first-order valence-electron chi connectivity index (χ1n) is 5.70. The van der Waals surface area contributed by atoms with Gasteiger partial charge < -0.3 is 5.73 Å². The van der Waals surface area contributed by atoms with E-state index in [1.54, 1.807) is 18.2 Å². The van der Waals surface area contributed by atoms with Gasteiger partial charge in [-0.2, -0.15) is 0 Å². The Morgan fingerprint density at radius 1 is 1.20 bits per heavy atom. The number of hydrogen-bond acceptors (Lipinski definition) is 3. The van der Waals surface area contributed by atoms with Crippen molar-refractivity contribution in [1.82, 2.24) is 0 Å². The molecule has 2 aromatic carbocycles. The number of hydrogen-bond donors (Lipinski definition) is 2. The van der Waals surface area contributed by atoms with Gasteiger partial charge in [-0.15, -0.1) is 0 Å². The predicted octanol–water partition coefficient (Wildman–Crippen LogP) is 2.85. The van der Waals surface area contributed by atoms with E-state index in [1.165, 1.54) is 24.3 Å². The maximum absolute atomic E-state index is 13.7. The SMILES string of the molecule is NCc1cccc(S(=O)(=O)Nc2c(F)cccc2Br)c1. The van der Waals surface area contributed by atoms with Gasteiger partial charge >= 0.3 is 0 Å². The number of para-hydroxylation sites is 1. The van der Waals surface area contributed by atoms with Crippen LogP contribution in [0.2, 0.25) is 0 Å². The molecule has 0 radical (unpaired) electrons. The molecule has 2 aromatic rings. The van der Waals surface area contributed by atoms with Crippen LogP contribution in [-0.4, -0.2) is 8.42 Å². The molecule has 0 unspecified atom stereocenters. The van der Waals surface area contributed by atoms with Gasteiger partial charge in [-0.3, -0.25) is 4.72 Å². The Kier molecular flexibility index (Phi) is 4.42. The van der Waals surface area contributed by atoms with E-state index in [0.717, 1.165) is 0 Å². The highest BCUT2D eigenvalue weighted by Gasteiger charge is 2.18. The molecule has 4 nitrogen and oxygen atoms in total. The van der Waals surface area contributed by atoms with Gasteiger partial charge in [0.25, 0.3) is 10.0 Å². The van der Waals surface area contributed by atoms with Crippen molar-refractivity contribution in [3.8, 4) is 0 Å². The average molecular weight is 359 g/mol. The highest BCUT2D eigenvalue weighted by atomic mass is 79.9. The fourth-order valence-corrected chi connectivity index (χ4v) is 3.36. The number of halogens is 2. The maximum atomic E-state index is 13.7. The van der Waals surface area contributed by atoms with E-state index in [4.69, 9.17) is 5.73 Å². The van der Waals surface area contributed by atoms with Crippen LogP contribution in [0.15, 0.2) is 51.8 Å². The van der Waals surface area contributed by atoms with Crippen molar-refractivity contribution in [3.63, 3.8) is 0 Å². The zero-order chi connectivity index (χ0) is 14.8. The first-order valence-corrected chi connectivity index (χ1v) is 7.97. The van der Waals surface area contributed by atoms with Crippen molar-refractivity contribution in [3.05, 3.63) is 58.3 Å². The Morgan fingerprint density at radius 2 is 1.90 bits per heavy atom. The van der Waals surface area contributed by atoms with Crippen molar-refractivity contribution in [2.24, 2.45) is 5.73 Å². The maximum Gasteiger partial charge on any atom is 0.262 e. The lowest BCUT2D eigenvalue weighted by atomic mass is 10.2. The normalized spacial score (nSPS) is 11.3. The van der Waals surface area contributed by atoms with Crippen molar-refractivity contribution < 1.29 is 12.8 Å². The Balaban J connectivity index is 2.41. The van der Waals surface area contributed by atoms with Gasteiger partial charge in [0.05, 0.1) is 10.6 Å². The Morgan fingerprint density at radius 3 is 2.55 bits per heavy atom. The third kappa shape index (κ3) is 3.17.